The number of nitrogens with zero attached hydrogens (tertiary/aromatic N) is 5. The van der Waals surface area contributed by atoms with Crippen LogP contribution < -0.4 is 5.01 Å². The number of likely N-dealkylation sites (N-methyl/N-ethyl adjacent to an activating group) is 1. The van der Waals surface area contributed by atoms with Crippen molar-refractivity contribution in [3.63, 3.8) is 0 Å². The Morgan fingerprint density at radius 1 is 1.48 bits per heavy atom. The number of hydrogen-bond donors (Lipinski definition) is 0. The third-order valence-corrected chi connectivity index (χ3v) is 5.82. The van der Waals surface area contributed by atoms with Gasteiger partial charge in [-0.25, -0.2) is 9.97 Å². The SMILES string of the molecule is C=C(CCC1=CC2=C(CC(=O)N2C)C2CC12)c1ncncc1N(C)/N=C/C. The number of carbonyl (C=O) groups excluding carboxylic acids is 1. The molecule has 0 spiro atoms. The van der Waals surface area contributed by atoms with Crippen LogP contribution in [-0.2, 0) is 4.79 Å². The maximum absolute atomic E-state index is 12.0. The number of aromatic nitrogens is 2. The van der Waals surface area contributed by atoms with Crippen LogP contribution in [0.4, 0.5) is 5.69 Å². The average molecular weight is 363 g/mol. The standard InChI is InChI=1S/C21H25N5O/c1-5-24-26(4)19-11-22-12-23-21(19)13(2)6-7-14-8-18-17(16-9-15(14)16)10-20(27)25(18)3/h5,8,11-12,15-16H,2,6-7,9-10H2,1,3-4H3/b24-5+. The molecule has 2 atom stereocenters. The van der Waals surface area contributed by atoms with Crippen LogP contribution in [0.2, 0.25) is 0 Å². The zero-order valence-corrected chi connectivity index (χ0v) is 16.1. The van der Waals surface area contributed by atoms with Crippen molar-refractivity contribution in [2.24, 2.45) is 16.9 Å². The van der Waals surface area contributed by atoms with E-state index in [0.29, 0.717) is 18.3 Å². The lowest BCUT2D eigenvalue weighted by Gasteiger charge is -2.20. The van der Waals surface area contributed by atoms with Crippen LogP contribution >= 0.6 is 0 Å². The van der Waals surface area contributed by atoms with Crippen molar-refractivity contribution in [1.82, 2.24) is 14.9 Å². The van der Waals surface area contributed by atoms with Crippen molar-refractivity contribution in [2.45, 2.75) is 32.6 Å². The van der Waals surface area contributed by atoms with E-state index in [1.54, 1.807) is 23.7 Å². The van der Waals surface area contributed by atoms with Crippen molar-refractivity contribution in [3.05, 3.63) is 47.7 Å². The van der Waals surface area contributed by atoms with Gasteiger partial charge in [0.25, 0.3) is 0 Å². The van der Waals surface area contributed by atoms with Crippen LogP contribution in [0.3, 0.4) is 0 Å². The molecular formula is C21H25N5O. The summed E-state index contributed by atoms with van der Waals surface area (Å²) in [5.41, 5.74) is 6.62. The fourth-order valence-electron chi connectivity index (χ4n) is 4.24. The molecule has 1 amide bonds. The van der Waals surface area contributed by atoms with Crippen LogP contribution in [0.1, 0.15) is 38.3 Å². The Morgan fingerprint density at radius 2 is 2.30 bits per heavy atom. The van der Waals surface area contributed by atoms with Gasteiger partial charge < -0.3 is 4.90 Å². The fraction of sp³-hybridized carbons (Fsp3) is 0.429. The van der Waals surface area contributed by atoms with Crippen LogP contribution in [0.5, 0.6) is 0 Å². The minimum atomic E-state index is 0.220. The molecule has 2 unspecified atom stereocenters. The topological polar surface area (TPSA) is 61.7 Å². The molecule has 0 radical (unpaired) electrons. The Morgan fingerprint density at radius 3 is 3.07 bits per heavy atom. The normalized spacial score (nSPS) is 23.4. The van der Waals surface area contributed by atoms with Crippen molar-refractivity contribution in [3.8, 4) is 0 Å². The summed E-state index contributed by atoms with van der Waals surface area (Å²) in [6, 6.07) is 0. The van der Waals surface area contributed by atoms with Gasteiger partial charge in [0, 0.05) is 26.0 Å². The first-order valence-corrected chi connectivity index (χ1v) is 9.41. The maximum atomic E-state index is 12.0. The second-order valence-electron chi connectivity index (χ2n) is 7.47. The molecule has 1 aliphatic heterocycles. The lowest BCUT2D eigenvalue weighted by molar-refractivity contribution is -0.126. The summed E-state index contributed by atoms with van der Waals surface area (Å²) in [7, 11) is 3.77. The summed E-state index contributed by atoms with van der Waals surface area (Å²) in [4.78, 5) is 22.4. The first-order valence-electron chi connectivity index (χ1n) is 9.41. The van der Waals surface area contributed by atoms with E-state index in [1.165, 1.54) is 17.6 Å². The van der Waals surface area contributed by atoms with Gasteiger partial charge in [0.1, 0.15) is 12.0 Å². The molecule has 1 saturated carbocycles. The minimum absolute atomic E-state index is 0.220. The zero-order valence-electron chi connectivity index (χ0n) is 16.1. The molecule has 1 aromatic rings. The third-order valence-electron chi connectivity index (χ3n) is 5.82. The summed E-state index contributed by atoms with van der Waals surface area (Å²) in [6.07, 6.45) is 10.9. The highest BCUT2D eigenvalue weighted by molar-refractivity contribution is 5.86. The average Bonchev–Trinajstić information content (AvgIpc) is 3.42. The van der Waals surface area contributed by atoms with Gasteiger partial charge >= 0.3 is 0 Å². The minimum Gasteiger partial charge on any atom is -0.315 e. The number of hydrogen-bond acceptors (Lipinski definition) is 5. The highest BCUT2D eigenvalue weighted by Crippen LogP contribution is 2.57. The number of carbonyl (C=O) groups is 1. The summed E-state index contributed by atoms with van der Waals surface area (Å²) in [6.45, 7) is 6.15. The van der Waals surface area contributed by atoms with Gasteiger partial charge in [0.05, 0.1) is 18.3 Å². The van der Waals surface area contributed by atoms with E-state index in [2.05, 4.69) is 27.7 Å². The molecule has 0 saturated heterocycles. The van der Waals surface area contributed by atoms with E-state index < -0.39 is 0 Å². The van der Waals surface area contributed by atoms with E-state index in [0.717, 1.165) is 35.5 Å². The molecule has 2 aliphatic carbocycles. The number of rotatable bonds is 6. The van der Waals surface area contributed by atoms with Crippen LogP contribution in [-0.4, -0.2) is 41.1 Å². The second kappa shape index (κ2) is 6.76. The van der Waals surface area contributed by atoms with E-state index in [4.69, 9.17) is 0 Å². The molecule has 1 fully saturated rings. The molecule has 0 bridgehead atoms. The highest BCUT2D eigenvalue weighted by atomic mass is 16.2. The molecule has 6 heteroatoms. The van der Waals surface area contributed by atoms with Crippen LogP contribution in [0, 0.1) is 11.8 Å². The van der Waals surface area contributed by atoms with Crippen molar-refractivity contribution >= 4 is 23.4 Å². The zero-order chi connectivity index (χ0) is 19.1. The van der Waals surface area contributed by atoms with Gasteiger partial charge in [-0.05, 0) is 55.2 Å². The fourth-order valence-corrected chi connectivity index (χ4v) is 4.24. The largest absolute Gasteiger partial charge is 0.315 e. The molecule has 2 heterocycles. The number of amides is 1. The third kappa shape index (κ3) is 3.09. The van der Waals surface area contributed by atoms with Crippen molar-refractivity contribution < 1.29 is 4.79 Å². The number of hydrazone groups is 1. The number of anilines is 1. The van der Waals surface area contributed by atoms with Gasteiger partial charge in [-0.3, -0.25) is 9.80 Å². The van der Waals surface area contributed by atoms with Crippen molar-refractivity contribution in [2.75, 3.05) is 19.1 Å². The van der Waals surface area contributed by atoms with Gasteiger partial charge in [-0.1, -0.05) is 12.2 Å². The summed E-state index contributed by atoms with van der Waals surface area (Å²) in [5.74, 6) is 1.42. The molecule has 140 valence electrons. The van der Waals surface area contributed by atoms with E-state index in [1.807, 2.05) is 25.9 Å². The molecule has 27 heavy (non-hydrogen) atoms. The Kier molecular flexibility index (Phi) is 4.42. The summed E-state index contributed by atoms with van der Waals surface area (Å²) >= 11 is 0. The number of allylic oxidation sites excluding steroid dienone is 3. The van der Waals surface area contributed by atoms with Gasteiger partial charge in [-0.2, -0.15) is 5.10 Å². The predicted molar refractivity (Wildman–Crippen MR) is 107 cm³/mol. The molecule has 6 nitrogen and oxygen atoms in total. The second-order valence-corrected chi connectivity index (χ2v) is 7.47. The Hall–Kier alpha value is -2.76. The first-order chi connectivity index (χ1) is 13.0. The van der Waals surface area contributed by atoms with E-state index >= 15 is 0 Å². The Labute approximate surface area is 160 Å². The predicted octanol–water partition coefficient (Wildman–Crippen LogP) is 3.40. The van der Waals surface area contributed by atoms with Gasteiger partial charge in [0.2, 0.25) is 5.91 Å². The van der Waals surface area contributed by atoms with E-state index in [9.17, 15) is 4.79 Å². The van der Waals surface area contributed by atoms with Gasteiger partial charge in [-0.15, -0.1) is 0 Å². The summed E-state index contributed by atoms with van der Waals surface area (Å²) < 4.78 is 0. The highest BCUT2D eigenvalue weighted by Gasteiger charge is 2.48. The van der Waals surface area contributed by atoms with Crippen LogP contribution in [0.15, 0.2) is 47.1 Å². The summed E-state index contributed by atoms with van der Waals surface area (Å²) in [5, 5.41) is 6.06. The van der Waals surface area contributed by atoms with Crippen molar-refractivity contribution in [1.29, 1.82) is 0 Å². The Bertz CT molecular complexity index is 898. The number of fused-ring (bicyclic) bond motifs is 2. The smallest absolute Gasteiger partial charge is 0.230 e. The maximum Gasteiger partial charge on any atom is 0.230 e. The molecule has 1 aromatic heterocycles. The van der Waals surface area contributed by atoms with E-state index in [-0.39, 0.29) is 5.91 Å². The molecule has 0 N–H and O–H groups in total. The molecule has 0 aromatic carbocycles. The molecule has 4 rings (SSSR count). The lowest BCUT2D eigenvalue weighted by Crippen LogP contribution is -2.19. The molecule has 3 aliphatic rings. The molecular weight excluding hydrogens is 338 g/mol. The van der Waals surface area contributed by atoms with Crippen LogP contribution in [0.25, 0.3) is 5.57 Å². The lowest BCUT2D eigenvalue weighted by atomic mass is 9.91. The first kappa shape index (κ1) is 17.6. The van der Waals surface area contributed by atoms with Gasteiger partial charge in [0.15, 0.2) is 0 Å². The monoisotopic (exact) mass is 363 g/mol. The quantitative estimate of drug-likeness (QED) is 0.574. The Balaban J connectivity index is 1.49.